The second kappa shape index (κ2) is 8.17. The van der Waals surface area contributed by atoms with Crippen molar-refractivity contribution in [3.8, 4) is 0 Å². The van der Waals surface area contributed by atoms with Crippen LogP contribution in [0.3, 0.4) is 0 Å². The van der Waals surface area contributed by atoms with E-state index in [-0.39, 0.29) is 11.3 Å². The molecule has 1 aliphatic heterocycles. The fourth-order valence-electron chi connectivity index (χ4n) is 3.97. The Bertz CT molecular complexity index is 1210. The molecule has 31 heavy (non-hydrogen) atoms. The number of aryl methyl sites for hydroxylation is 1. The lowest BCUT2D eigenvalue weighted by Gasteiger charge is -2.26. The monoisotopic (exact) mass is 438 g/mol. The zero-order valence-electron chi connectivity index (χ0n) is 17.5. The molecular formula is C23H23ClN4O3. The van der Waals surface area contributed by atoms with Gasteiger partial charge in [0.05, 0.1) is 17.3 Å². The second-order valence-electron chi connectivity index (χ2n) is 7.83. The number of aliphatic hydroxyl groups excluding tert-OH is 1. The van der Waals surface area contributed by atoms with Gasteiger partial charge in [-0.3, -0.25) is 14.0 Å². The summed E-state index contributed by atoms with van der Waals surface area (Å²) in [6.45, 7) is 2.66. The third-order valence-electron chi connectivity index (χ3n) is 5.42. The van der Waals surface area contributed by atoms with Crippen molar-refractivity contribution in [3.05, 3.63) is 76.2 Å². The van der Waals surface area contributed by atoms with E-state index in [4.69, 9.17) is 11.6 Å². The molecule has 0 spiro atoms. The lowest BCUT2D eigenvalue weighted by atomic mass is 9.96. The topological polar surface area (TPSA) is 78.1 Å². The molecule has 1 amide bonds. The van der Waals surface area contributed by atoms with Gasteiger partial charge in [0.1, 0.15) is 11.3 Å². The number of likely N-dealkylation sites (tertiary alicyclic amines) is 1. The van der Waals surface area contributed by atoms with Crippen molar-refractivity contribution in [3.63, 3.8) is 0 Å². The van der Waals surface area contributed by atoms with Crippen LogP contribution < -0.4 is 0 Å². The molecule has 4 rings (SSSR count). The predicted molar refractivity (Wildman–Crippen MR) is 119 cm³/mol. The molecule has 160 valence electrons. The number of halogens is 1. The number of likely N-dealkylation sites (N-methyl/N-ethyl adjacent to an activating group) is 1. The minimum Gasteiger partial charge on any atom is -0.505 e. The number of pyridine rings is 1. The van der Waals surface area contributed by atoms with E-state index in [0.29, 0.717) is 40.7 Å². The Morgan fingerprint density at radius 2 is 1.97 bits per heavy atom. The minimum absolute atomic E-state index is 0.0415. The highest BCUT2D eigenvalue weighted by Gasteiger charge is 2.46. The number of nitrogens with zero attached hydrogens (tertiary/aromatic N) is 4. The number of Topliss-reactive ketones (excluding diaryl/α,β-unsaturated/α-hetero) is 1. The maximum Gasteiger partial charge on any atom is 0.295 e. The van der Waals surface area contributed by atoms with E-state index in [1.807, 2.05) is 37.2 Å². The molecule has 0 aliphatic carbocycles. The largest absolute Gasteiger partial charge is 0.505 e. The standard InChI is InChI=1S/C23H23ClN4O3/c1-14-19(27-10-5-4-9-17(27)25-14)21(29)18-20(15-7-6-8-16(24)13-15)28(12-11-26(2)3)23(31)22(18)30/h4-10,13,20,29H,11-12H2,1-3H3/b21-18+/t20-/m0/s1. The number of carbonyl (C=O) groups is 2. The molecule has 8 heteroatoms. The van der Waals surface area contributed by atoms with Crippen LogP contribution in [0.4, 0.5) is 0 Å². The summed E-state index contributed by atoms with van der Waals surface area (Å²) < 4.78 is 1.72. The maximum atomic E-state index is 13.1. The van der Waals surface area contributed by atoms with Gasteiger partial charge >= 0.3 is 0 Å². The molecule has 0 saturated carbocycles. The Kier molecular flexibility index (Phi) is 5.56. The first-order valence-corrected chi connectivity index (χ1v) is 10.3. The lowest BCUT2D eigenvalue weighted by Crippen LogP contribution is -2.35. The van der Waals surface area contributed by atoms with Crippen LogP contribution in [0.5, 0.6) is 0 Å². The zero-order chi connectivity index (χ0) is 22.3. The Hall–Kier alpha value is -3.16. The summed E-state index contributed by atoms with van der Waals surface area (Å²) in [6, 6.07) is 11.7. The number of hydrogen-bond donors (Lipinski definition) is 1. The van der Waals surface area contributed by atoms with Crippen LogP contribution in [0.2, 0.25) is 5.02 Å². The maximum absolute atomic E-state index is 13.1. The van der Waals surface area contributed by atoms with Crippen molar-refractivity contribution < 1.29 is 14.7 Å². The van der Waals surface area contributed by atoms with Crippen LogP contribution in [0.1, 0.15) is 23.0 Å². The van der Waals surface area contributed by atoms with Gasteiger partial charge in [0, 0.05) is 24.3 Å². The van der Waals surface area contributed by atoms with Crippen molar-refractivity contribution in [2.24, 2.45) is 0 Å². The average Bonchev–Trinajstić information content (AvgIpc) is 3.19. The Balaban J connectivity index is 1.93. The number of amides is 1. The second-order valence-corrected chi connectivity index (χ2v) is 8.26. The highest BCUT2D eigenvalue weighted by molar-refractivity contribution is 6.46. The Morgan fingerprint density at radius 3 is 2.68 bits per heavy atom. The van der Waals surface area contributed by atoms with Crippen LogP contribution in [0.25, 0.3) is 11.4 Å². The number of ketones is 1. The molecule has 1 saturated heterocycles. The summed E-state index contributed by atoms with van der Waals surface area (Å²) in [5.41, 5.74) is 2.31. The van der Waals surface area contributed by atoms with Crippen molar-refractivity contribution in [1.29, 1.82) is 0 Å². The molecule has 3 heterocycles. The smallest absolute Gasteiger partial charge is 0.295 e. The van der Waals surface area contributed by atoms with Crippen molar-refractivity contribution >= 4 is 34.7 Å². The Labute approximate surface area is 185 Å². The van der Waals surface area contributed by atoms with Gasteiger partial charge in [-0.1, -0.05) is 29.8 Å². The molecule has 7 nitrogen and oxygen atoms in total. The van der Waals surface area contributed by atoms with E-state index in [1.165, 1.54) is 4.90 Å². The van der Waals surface area contributed by atoms with Gasteiger partial charge in [0.2, 0.25) is 0 Å². The molecule has 1 N–H and O–H groups in total. The van der Waals surface area contributed by atoms with Crippen LogP contribution in [-0.4, -0.2) is 63.2 Å². The van der Waals surface area contributed by atoms with Gasteiger partial charge in [-0.15, -0.1) is 0 Å². The van der Waals surface area contributed by atoms with E-state index in [1.54, 1.807) is 41.8 Å². The van der Waals surface area contributed by atoms with E-state index in [0.717, 1.165) is 0 Å². The minimum atomic E-state index is -0.743. The summed E-state index contributed by atoms with van der Waals surface area (Å²) in [7, 11) is 3.79. The summed E-state index contributed by atoms with van der Waals surface area (Å²) in [5, 5.41) is 11.8. The van der Waals surface area contributed by atoms with Crippen LogP contribution >= 0.6 is 11.6 Å². The highest BCUT2D eigenvalue weighted by Crippen LogP contribution is 2.40. The highest BCUT2D eigenvalue weighted by atomic mass is 35.5. The summed E-state index contributed by atoms with van der Waals surface area (Å²) in [5.74, 6) is -1.60. The molecule has 1 aromatic carbocycles. The molecule has 0 unspecified atom stereocenters. The average molecular weight is 439 g/mol. The summed E-state index contributed by atoms with van der Waals surface area (Å²) >= 11 is 6.21. The molecule has 1 fully saturated rings. The Morgan fingerprint density at radius 1 is 1.19 bits per heavy atom. The first kappa shape index (κ1) is 21.1. The molecule has 0 radical (unpaired) electrons. The first-order valence-electron chi connectivity index (χ1n) is 9.92. The molecule has 2 aromatic heterocycles. The number of benzene rings is 1. The summed E-state index contributed by atoms with van der Waals surface area (Å²) in [4.78, 5) is 34.0. The van der Waals surface area contributed by atoms with Crippen molar-refractivity contribution in [2.45, 2.75) is 13.0 Å². The number of aliphatic hydroxyl groups is 1. The van der Waals surface area contributed by atoms with E-state index >= 15 is 0 Å². The normalized spacial score (nSPS) is 18.5. The molecule has 3 aromatic rings. The van der Waals surface area contributed by atoms with Crippen LogP contribution in [-0.2, 0) is 9.59 Å². The molecule has 1 atom stereocenters. The first-order chi connectivity index (χ1) is 14.8. The number of fused-ring (bicyclic) bond motifs is 1. The number of aromatic nitrogens is 2. The SMILES string of the molecule is Cc1nc2ccccn2c1/C(O)=C1\C(=O)C(=O)N(CCN(C)C)[C@H]1c1cccc(Cl)c1. The van der Waals surface area contributed by atoms with Gasteiger partial charge in [-0.2, -0.15) is 0 Å². The number of rotatable bonds is 5. The van der Waals surface area contributed by atoms with Crippen LogP contribution in [0, 0.1) is 6.92 Å². The number of carbonyl (C=O) groups excluding carboxylic acids is 2. The van der Waals surface area contributed by atoms with Gasteiger partial charge in [0.25, 0.3) is 11.7 Å². The lowest BCUT2D eigenvalue weighted by molar-refractivity contribution is -0.140. The molecule has 0 bridgehead atoms. The van der Waals surface area contributed by atoms with Gasteiger partial charge in [-0.25, -0.2) is 4.98 Å². The molecule has 1 aliphatic rings. The van der Waals surface area contributed by atoms with E-state index in [2.05, 4.69) is 4.98 Å². The quantitative estimate of drug-likeness (QED) is 0.376. The fraction of sp³-hybridized carbons (Fsp3) is 0.261. The van der Waals surface area contributed by atoms with Crippen LogP contribution in [0.15, 0.2) is 54.2 Å². The third kappa shape index (κ3) is 3.71. The zero-order valence-corrected chi connectivity index (χ0v) is 18.3. The van der Waals surface area contributed by atoms with Gasteiger partial charge in [0.15, 0.2) is 5.76 Å². The number of hydrogen-bond acceptors (Lipinski definition) is 5. The van der Waals surface area contributed by atoms with Crippen molar-refractivity contribution in [2.75, 3.05) is 27.2 Å². The molecular weight excluding hydrogens is 416 g/mol. The fourth-order valence-corrected chi connectivity index (χ4v) is 4.17. The number of imidazole rings is 1. The van der Waals surface area contributed by atoms with E-state index in [9.17, 15) is 14.7 Å². The van der Waals surface area contributed by atoms with E-state index < -0.39 is 17.7 Å². The van der Waals surface area contributed by atoms with Gasteiger partial charge < -0.3 is 14.9 Å². The summed E-state index contributed by atoms with van der Waals surface area (Å²) in [6.07, 6.45) is 1.76. The van der Waals surface area contributed by atoms with Crippen molar-refractivity contribution in [1.82, 2.24) is 19.2 Å². The third-order valence-corrected chi connectivity index (χ3v) is 5.66. The predicted octanol–water partition coefficient (Wildman–Crippen LogP) is 3.28. The van der Waals surface area contributed by atoms with Gasteiger partial charge in [-0.05, 0) is 50.8 Å².